The number of nitrogens with one attached hydrogen (secondary N) is 2. The second kappa shape index (κ2) is 5.69. The van der Waals surface area contributed by atoms with E-state index < -0.39 is 5.91 Å². The first-order valence-electron chi connectivity index (χ1n) is 4.90. The smallest absolute Gasteiger partial charge is 0.272 e. The van der Waals surface area contributed by atoms with E-state index in [0.29, 0.717) is 6.54 Å². The summed E-state index contributed by atoms with van der Waals surface area (Å²) in [7, 11) is 0. The quantitative estimate of drug-likeness (QED) is 0.641. The standard InChI is InChI=1S/C10H14N4O2/c1-2-12-8(15)6-14-10(16)9-7(11)4-3-5-13-9/h3-5H,2,6,11H2,1H3,(H,12,15)(H,14,16). The molecule has 0 aromatic carbocycles. The van der Waals surface area contributed by atoms with Gasteiger partial charge in [0.05, 0.1) is 12.2 Å². The lowest BCUT2D eigenvalue weighted by Crippen LogP contribution is -2.37. The second-order valence-electron chi connectivity index (χ2n) is 3.08. The zero-order valence-electron chi connectivity index (χ0n) is 8.99. The number of amides is 2. The molecule has 1 rings (SSSR count). The maximum absolute atomic E-state index is 11.5. The first kappa shape index (κ1) is 12.0. The van der Waals surface area contributed by atoms with E-state index in [1.165, 1.54) is 6.20 Å². The molecule has 86 valence electrons. The minimum Gasteiger partial charge on any atom is -0.397 e. The number of aromatic nitrogens is 1. The average molecular weight is 222 g/mol. The van der Waals surface area contributed by atoms with Crippen LogP contribution in [0.3, 0.4) is 0 Å². The van der Waals surface area contributed by atoms with E-state index in [9.17, 15) is 9.59 Å². The summed E-state index contributed by atoms with van der Waals surface area (Å²) < 4.78 is 0. The fourth-order valence-corrected chi connectivity index (χ4v) is 1.11. The zero-order valence-corrected chi connectivity index (χ0v) is 8.99. The van der Waals surface area contributed by atoms with Crippen molar-refractivity contribution in [1.29, 1.82) is 0 Å². The van der Waals surface area contributed by atoms with Crippen LogP contribution in [0, 0.1) is 0 Å². The van der Waals surface area contributed by atoms with Gasteiger partial charge in [-0.25, -0.2) is 4.98 Å². The Morgan fingerprint density at radius 3 is 2.81 bits per heavy atom. The highest BCUT2D eigenvalue weighted by molar-refractivity contribution is 5.98. The summed E-state index contributed by atoms with van der Waals surface area (Å²) in [4.78, 5) is 26.5. The molecule has 0 radical (unpaired) electrons. The molecule has 0 spiro atoms. The lowest BCUT2D eigenvalue weighted by Gasteiger charge is -2.06. The zero-order chi connectivity index (χ0) is 12.0. The van der Waals surface area contributed by atoms with Crippen molar-refractivity contribution >= 4 is 17.5 Å². The third-order valence-corrected chi connectivity index (χ3v) is 1.84. The Labute approximate surface area is 93.2 Å². The van der Waals surface area contributed by atoms with Crippen LogP contribution in [-0.2, 0) is 4.79 Å². The Bertz CT molecular complexity index is 392. The SMILES string of the molecule is CCNC(=O)CNC(=O)c1ncccc1N. The van der Waals surface area contributed by atoms with Gasteiger partial charge in [-0.2, -0.15) is 0 Å². The number of hydrogen-bond donors (Lipinski definition) is 3. The maximum Gasteiger partial charge on any atom is 0.272 e. The van der Waals surface area contributed by atoms with Crippen LogP contribution in [0.2, 0.25) is 0 Å². The lowest BCUT2D eigenvalue weighted by atomic mass is 10.3. The molecular formula is C10H14N4O2. The normalized spacial score (nSPS) is 9.56. The summed E-state index contributed by atoms with van der Waals surface area (Å²) in [5, 5.41) is 4.99. The average Bonchev–Trinajstić information content (AvgIpc) is 2.27. The van der Waals surface area contributed by atoms with E-state index in [2.05, 4.69) is 15.6 Å². The van der Waals surface area contributed by atoms with E-state index in [4.69, 9.17) is 5.73 Å². The van der Waals surface area contributed by atoms with Crippen molar-refractivity contribution in [3.05, 3.63) is 24.0 Å². The van der Waals surface area contributed by atoms with Crippen molar-refractivity contribution in [2.24, 2.45) is 0 Å². The van der Waals surface area contributed by atoms with Crippen LogP contribution in [-0.4, -0.2) is 29.9 Å². The predicted octanol–water partition coefficient (Wildman–Crippen LogP) is -0.470. The highest BCUT2D eigenvalue weighted by Crippen LogP contribution is 2.05. The molecule has 0 bridgehead atoms. The molecule has 16 heavy (non-hydrogen) atoms. The third kappa shape index (κ3) is 3.23. The topological polar surface area (TPSA) is 97.1 Å². The maximum atomic E-state index is 11.5. The van der Waals surface area contributed by atoms with Gasteiger partial charge in [-0.15, -0.1) is 0 Å². The van der Waals surface area contributed by atoms with Gasteiger partial charge >= 0.3 is 0 Å². The second-order valence-corrected chi connectivity index (χ2v) is 3.08. The van der Waals surface area contributed by atoms with E-state index in [0.717, 1.165) is 0 Å². The van der Waals surface area contributed by atoms with Crippen LogP contribution < -0.4 is 16.4 Å². The van der Waals surface area contributed by atoms with Crippen LogP contribution in [0.25, 0.3) is 0 Å². The van der Waals surface area contributed by atoms with Crippen LogP contribution in [0.4, 0.5) is 5.69 Å². The van der Waals surface area contributed by atoms with Gasteiger partial charge in [0.25, 0.3) is 5.91 Å². The van der Waals surface area contributed by atoms with Crippen molar-refractivity contribution < 1.29 is 9.59 Å². The van der Waals surface area contributed by atoms with E-state index >= 15 is 0 Å². The molecule has 0 saturated heterocycles. The minimum absolute atomic E-state index is 0.0807. The molecule has 1 aromatic rings. The lowest BCUT2D eigenvalue weighted by molar-refractivity contribution is -0.120. The molecule has 0 aliphatic heterocycles. The molecular weight excluding hydrogens is 208 g/mol. The van der Waals surface area contributed by atoms with Gasteiger partial charge in [0.2, 0.25) is 5.91 Å². The highest BCUT2D eigenvalue weighted by Gasteiger charge is 2.11. The van der Waals surface area contributed by atoms with Gasteiger partial charge in [0, 0.05) is 12.7 Å². The Hall–Kier alpha value is -2.11. The Morgan fingerprint density at radius 1 is 1.44 bits per heavy atom. The molecule has 0 aliphatic rings. The molecule has 0 unspecified atom stereocenters. The van der Waals surface area contributed by atoms with Crippen LogP contribution in [0.15, 0.2) is 18.3 Å². The van der Waals surface area contributed by atoms with E-state index in [-0.39, 0.29) is 23.8 Å². The molecule has 0 saturated carbocycles. The summed E-state index contributed by atoms with van der Waals surface area (Å²) in [5.74, 6) is -0.699. The molecule has 1 heterocycles. The fraction of sp³-hybridized carbons (Fsp3) is 0.300. The van der Waals surface area contributed by atoms with Crippen molar-refractivity contribution in [3.63, 3.8) is 0 Å². The summed E-state index contributed by atoms with van der Waals surface area (Å²) in [6.07, 6.45) is 1.47. The summed E-state index contributed by atoms with van der Waals surface area (Å²) in [6, 6.07) is 3.21. The predicted molar refractivity (Wildman–Crippen MR) is 59.7 cm³/mol. The number of nitrogens with two attached hydrogens (primary N) is 1. The molecule has 6 heteroatoms. The van der Waals surface area contributed by atoms with Gasteiger partial charge in [-0.05, 0) is 19.1 Å². The highest BCUT2D eigenvalue weighted by atomic mass is 16.2. The van der Waals surface area contributed by atoms with E-state index in [1.54, 1.807) is 19.1 Å². The summed E-state index contributed by atoms with van der Waals surface area (Å²) >= 11 is 0. The van der Waals surface area contributed by atoms with Crippen LogP contribution >= 0.6 is 0 Å². The Morgan fingerprint density at radius 2 is 2.19 bits per heavy atom. The summed E-state index contributed by atoms with van der Waals surface area (Å²) in [6.45, 7) is 2.25. The van der Waals surface area contributed by atoms with Gasteiger partial charge < -0.3 is 16.4 Å². The number of nitrogen functional groups attached to an aromatic ring is 1. The van der Waals surface area contributed by atoms with E-state index in [1.807, 2.05) is 0 Å². The molecule has 0 atom stereocenters. The number of likely N-dealkylation sites (N-methyl/N-ethyl adjacent to an activating group) is 1. The van der Waals surface area contributed by atoms with Crippen LogP contribution in [0.1, 0.15) is 17.4 Å². The largest absolute Gasteiger partial charge is 0.397 e. The number of carbonyl (C=O) groups excluding carboxylic acids is 2. The Kier molecular flexibility index (Phi) is 4.26. The molecule has 0 fully saturated rings. The minimum atomic E-state index is -0.454. The fourth-order valence-electron chi connectivity index (χ4n) is 1.11. The van der Waals surface area contributed by atoms with Gasteiger partial charge in [0.15, 0.2) is 5.69 Å². The number of hydrogen-bond acceptors (Lipinski definition) is 4. The van der Waals surface area contributed by atoms with Crippen molar-refractivity contribution in [1.82, 2.24) is 15.6 Å². The monoisotopic (exact) mass is 222 g/mol. The van der Waals surface area contributed by atoms with Crippen molar-refractivity contribution in [3.8, 4) is 0 Å². The first-order valence-corrected chi connectivity index (χ1v) is 4.90. The number of anilines is 1. The van der Waals surface area contributed by atoms with Crippen molar-refractivity contribution in [2.75, 3.05) is 18.8 Å². The number of pyridine rings is 1. The first-order chi connectivity index (χ1) is 7.65. The molecule has 1 aromatic heterocycles. The molecule has 0 aliphatic carbocycles. The van der Waals surface area contributed by atoms with Gasteiger partial charge in [-0.3, -0.25) is 9.59 Å². The number of rotatable bonds is 4. The molecule has 4 N–H and O–H groups in total. The van der Waals surface area contributed by atoms with Crippen LogP contribution in [0.5, 0.6) is 0 Å². The van der Waals surface area contributed by atoms with Crippen molar-refractivity contribution in [2.45, 2.75) is 6.92 Å². The van der Waals surface area contributed by atoms with Gasteiger partial charge in [-0.1, -0.05) is 0 Å². The Balaban J connectivity index is 2.54. The third-order valence-electron chi connectivity index (χ3n) is 1.84. The molecule has 2 amide bonds. The summed E-state index contributed by atoms with van der Waals surface area (Å²) in [5.41, 5.74) is 5.98. The number of nitrogens with zero attached hydrogens (tertiary/aromatic N) is 1. The number of carbonyl (C=O) groups is 2. The molecule has 6 nitrogen and oxygen atoms in total. The van der Waals surface area contributed by atoms with Gasteiger partial charge in [0.1, 0.15) is 0 Å².